The molecule has 1 heterocycles. The Kier molecular flexibility index (Phi) is 2.94. The van der Waals surface area contributed by atoms with Gasteiger partial charge >= 0.3 is 12.1 Å². The van der Waals surface area contributed by atoms with E-state index in [1.165, 1.54) is 6.07 Å². The topological polar surface area (TPSA) is 76.2 Å². The van der Waals surface area contributed by atoms with Crippen LogP contribution in [0.1, 0.15) is 5.56 Å². The Morgan fingerprint density at radius 2 is 1.89 bits per heavy atom. The number of nitrogens with two attached hydrogens (primary N) is 1. The molecule has 2 rings (SSSR count). The van der Waals surface area contributed by atoms with Gasteiger partial charge in [0.05, 0.1) is 5.52 Å². The minimum absolute atomic E-state index is 0.389. The lowest BCUT2D eigenvalue weighted by Crippen LogP contribution is -2.56. The molecule has 0 saturated heterocycles. The van der Waals surface area contributed by atoms with Crippen LogP contribution in [0, 0.1) is 0 Å². The first kappa shape index (κ1) is 13.3. The molecule has 0 aliphatic heterocycles. The number of aromatic nitrogens is 1. The van der Waals surface area contributed by atoms with Crippen molar-refractivity contribution in [2.75, 3.05) is 0 Å². The molecule has 0 radical (unpaired) electrons. The number of para-hydroxylation sites is 1. The van der Waals surface area contributed by atoms with Gasteiger partial charge in [0.25, 0.3) is 0 Å². The molecule has 4 nitrogen and oxygen atoms in total. The Morgan fingerprint density at radius 1 is 1.26 bits per heavy atom. The number of carbonyl (C=O) groups is 1. The third-order valence-electron chi connectivity index (χ3n) is 2.83. The van der Waals surface area contributed by atoms with Crippen molar-refractivity contribution < 1.29 is 23.1 Å². The van der Waals surface area contributed by atoms with Crippen molar-refractivity contribution >= 4 is 16.9 Å². The zero-order valence-electron chi connectivity index (χ0n) is 9.48. The number of hydrogen-bond acceptors (Lipinski definition) is 3. The number of rotatable bonds is 2. The monoisotopic (exact) mass is 270 g/mol. The molecule has 3 N–H and O–H groups in total. The summed E-state index contributed by atoms with van der Waals surface area (Å²) in [7, 11) is 0. The normalized spacial score (nSPS) is 15.2. The van der Waals surface area contributed by atoms with Crippen molar-refractivity contribution in [2.24, 2.45) is 5.73 Å². The van der Waals surface area contributed by atoms with Gasteiger partial charge in [-0.25, -0.2) is 4.79 Å². The first-order valence-corrected chi connectivity index (χ1v) is 5.21. The predicted octanol–water partition coefficient (Wildman–Crippen LogP) is 2.04. The van der Waals surface area contributed by atoms with Gasteiger partial charge in [0.1, 0.15) is 0 Å². The van der Waals surface area contributed by atoms with Crippen molar-refractivity contribution in [3.63, 3.8) is 0 Å². The van der Waals surface area contributed by atoms with E-state index in [1.54, 1.807) is 18.2 Å². The van der Waals surface area contributed by atoms with Gasteiger partial charge in [0, 0.05) is 17.1 Å². The summed E-state index contributed by atoms with van der Waals surface area (Å²) in [4.78, 5) is 14.7. The Labute approximate surface area is 105 Å². The molecule has 100 valence electrons. The van der Waals surface area contributed by atoms with Crippen LogP contribution in [-0.2, 0) is 10.3 Å². The number of fused-ring (bicyclic) bond motifs is 1. The van der Waals surface area contributed by atoms with Crippen LogP contribution in [0.5, 0.6) is 0 Å². The Hall–Kier alpha value is -2.15. The maximum Gasteiger partial charge on any atom is 0.421 e. The molecule has 0 aliphatic carbocycles. The van der Waals surface area contributed by atoms with Crippen molar-refractivity contribution in [3.8, 4) is 0 Å². The van der Waals surface area contributed by atoms with Gasteiger partial charge in [0.2, 0.25) is 5.54 Å². The summed E-state index contributed by atoms with van der Waals surface area (Å²) in [5, 5.41) is 9.21. The van der Waals surface area contributed by atoms with E-state index in [0.29, 0.717) is 10.9 Å². The zero-order chi connectivity index (χ0) is 14.3. The number of carboxylic acids is 1. The summed E-state index contributed by atoms with van der Waals surface area (Å²) in [6, 6.07) is 7.51. The molecule has 0 spiro atoms. The van der Waals surface area contributed by atoms with Gasteiger partial charge in [-0.05, 0) is 12.1 Å². The molecule has 2 aromatic rings. The van der Waals surface area contributed by atoms with Crippen LogP contribution in [0.3, 0.4) is 0 Å². The molecule has 0 saturated carbocycles. The summed E-state index contributed by atoms with van der Waals surface area (Å²) < 4.78 is 38.7. The first-order valence-electron chi connectivity index (χ1n) is 5.21. The lowest BCUT2D eigenvalue weighted by atomic mass is 9.91. The van der Waals surface area contributed by atoms with Crippen LogP contribution in [0.2, 0.25) is 0 Å². The highest BCUT2D eigenvalue weighted by Gasteiger charge is 2.59. The van der Waals surface area contributed by atoms with Crippen LogP contribution >= 0.6 is 0 Å². The van der Waals surface area contributed by atoms with Gasteiger partial charge in [-0.1, -0.05) is 18.2 Å². The number of aliphatic carboxylic acids is 1. The second-order valence-corrected chi connectivity index (χ2v) is 4.03. The third kappa shape index (κ3) is 2.01. The molecular formula is C12H9F3N2O2. The number of hydrogen-bond donors (Lipinski definition) is 2. The van der Waals surface area contributed by atoms with E-state index in [0.717, 1.165) is 12.3 Å². The number of halogens is 3. The SMILES string of the molecule is NC(C(=O)O)(c1cnc2ccccc2c1)C(F)(F)F. The minimum atomic E-state index is -5.12. The highest BCUT2D eigenvalue weighted by atomic mass is 19.4. The van der Waals surface area contributed by atoms with Crippen LogP contribution in [0.15, 0.2) is 36.5 Å². The first-order chi connectivity index (χ1) is 8.76. The van der Waals surface area contributed by atoms with Crippen LogP contribution in [0.25, 0.3) is 10.9 Å². The second-order valence-electron chi connectivity index (χ2n) is 4.03. The van der Waals surface area contributed by atoms with Crippen LogP contribution in [0.4, 0.5) is 13.2 Å². The number of alkyl halides is 3. The number of nitrogens with zero attached hydrogens (tertiary/aromatic N) is 1. The summed E-state index contributed by atoms with van der Waals surface area (Å²) in [6.07, 6.45) is -4.28. The van der Waals surface area contributed by atoms with Crippen LogP contribution in [-0.4, -0.2) is 22.2 Å². The molecule has 1 unspecified atom stereocenters. The fourth-order valence-corrected chi connectivity index (χ4v) is 1.70. The molecule has 0 amide bonds. The van der Waals surface area contributed by atoms with Crippen molar-refractivity contribution in [1.82, 2.24) is 4.98 Å². The van der Waals surface area contributed by atoms with E-state index in [2.05, 4.69) is 4.98 Å². The molecule has 1 aromatic carbocycles. The molecule has 0 aliphatic rings. The van der Waals surface area contributed by atoms with Gasteiger partial charge in [0.15, 0.2) is 0 Å². The third-order valence-corrected chi connectivity index (χ3v) is 2.83. The van der Waals surface area contributed by atoms with Gasteiger partial charge < -0.3 is 10.8 Å². The standard InChI is InChI=1S/C12H9F3N2O2/c13-12(14,15)11(16,10(18)19)8-5-7-3-1-2-4-9(7)17-6-8/h1-6H,16H2,(H,18,19). The molecule has 0 bridgehead atoms. The second kappa shape index (κ2) is 4.20. The van der Waals surface area contributed by atoms with E-state index < -0.39 is 23.2 Å². The number of carboxylic acid groups (broad SMARTS) is 1. The molecule has 7 heteroatoms. The van der Waals surface area contributed by atoms with Gasteiger partial charge in [-0.15, -0.1) is 0 Å². The number of pyridine rings is 1. The van der Waals surface area contributed by atoms with Crippen molar-refractivity contribution in [1.29, 1.82) is 0 Å². The zero-order valence-corrected chi connectivity index (χ0v) is 9.48. The molecular weight excluding hydrogens is 261 g/mol. The van der Waals surface area contributed by atoms with Crippen molar-refractivity contribution in [2.45, 2.75) is 11.7 Å². The largest absolute Gasteiger partial charge is 0.479 e. The smallest absolute Gasteiger partial charge is 0.421 e. The highest BCUT2D eigenvalue weighted by Crippen LogP contribution is 2.37. The summed E-state index contributed by atoms with van der Waals surface area (Å²) in [6.45, 7) is 0. The maximum absolute atomic E-state index is 12.9. The summed E-state index contributed by atoms with van der Waals surface area (Å²) >= 11 is 0. The van der Waals surface area contributed by atoms with Crippen LogP contribution < -0.4 is 5.73 Å². The lowest BCUT2D eigenvalue weighted by molar-refractivity contribution is -0.204. The average molecular weight is 270 g/mol. The average Bonchev–Trinajstić information content (AvgIpc) is 2.35. The Balaban J connectivity index is 2.67. The Morgan fingerprint density at radius 3 is 2.47 bits per heavy atom. The van der Waals surface area contributed by atoms with E-state index in [4.69, 9.17) is 10.8 Å². The van der Waals surface area contributed by atoms with E-state index in [1.807, 2.05) is 0 Å². The van der Waals surface area contributed by atoms with Gasteiger partial charge in [-0.3, -0.25) is 4.98 Å². The Bertz CT molecular complexity index is 642. The molecule has 1 aromatic heterocycles. The van der Waals surface area contributed by atoms with E-state index >= 15 is 0 Å². The maximum atomic E-state index is 12.9. The lowest BCUT2D eigenvalue weighted by Gasteiger charge is -2.27. The molecule has 0 fully saturated rings. The molecule has 19 heavy (non-hydrogen) atoms. The summed E-state index contributed by atoms with van der Waals surface area (Å²) in [5.41, 5.74) is 1.45. The quantitative estimate of drug-likeness (QED) is 0.875. The minimum Gasteiger partial charge on any atom is -0.479 e. The molecule has 1 atom stereocenters. The fraction of sp³-hybridized carbons (Fsp3) is 0.167. The van der Waals surface area contributed by atoms with E-state index in [-0.39, 0.29) is 0 Å². The van der Waals surface area contributed by atoms with Gasteiger partial charge in [-0.2, -0.15) is 13.2 Å². The van der Waals surface area contributed by atoms with E-state index in [9.17, 15) is 18.0 Å². The predicted molar refractivity (Wildman–Crippen MR) is 61.3 cm³/mol. The fourth-order valence-electron chi connectivity index (χ4n) is 1.70. The summed E-state index contributed by atoms with van der Waals surface area (Å²) in [5.74, 6) is -2.17. The van der Waals surface area contributed by atoms with Crippen molar-refractivity contribution in [3.05, 3.63) is 42.1 Å². The highest BCUT2D eigenvalue weighted by molar-refractivity contribution is 5.85. The number of benzene rings is 1.